The van der Waals surface area contributed by atoms with E-state index in [1.165, 1.54) is 19.4 Å². The molecule has 2 nitrogen and oxygen atoms in total. The Morgan fingerprint density at radius 3 is 2.67 bits per heavy atom. The average molecular weight is 169 g/mol. The summed E-state index contributed by atoms with van der Waals surface area (Å²) in [7, 11) is 0. The molecule has 0 bridgehead atoms. The largest absolute Gasteiger partial charge is 0.381 e. The quantitative estimate of drug-likeness (QED) is 0.641. The van der Waals surface area contributed by atoms with Crippen molar-refractivity contribution >= 4 is 0 Å². The molecular formula is C10H19NO. The molecule has 70 valence electrons. The van der Waals surface area contributed by atoms with Crippen molar-refractivity contribution in [3.8, 4) is 0 Å². The Labute approximate surface area is 74.7 Å². The van der Waals surface area contributed by atoms with Crippen molar-refractivity contribution in [1.82, 2.24) is 5.32 Å². The van der Waals surface area contributed by atoms with Crippen LogP contribution in [0.2, 0.25) is 0 Å². The minimum Gasteiger partial charge on any atom is -0.381 e. The number of hydrogen-bond donors (Lipinski definition) is 1. The summed E-state index contributed by atoms with van der Waals surface area (Å²) in [6.07, 6.45) is 2.61. The summed E-state index contributed by atoms with van der Waals surface area (Å²) in [6.45, 7) is 7.81. The van der Waals surface area contributed by atoms with E-state index in [9.17, 15) is 0 Å². The van der Waals surface area contributed by atoms with E-state index >= 15 is 0 Å². The number of ether oxygens (including phenoxy) is 1. The smallest absolute Gasteiger partial charge is 0.0498 e. The third kappa shape index (κ3) is 1.38. The summed E-state index contributed by atoms with van der Waals surface area (Å²) in [5.74, 6) is 1.65. The van der Waals surface area contributed by atoms with E-state index in [-0.39, 0.29) is 0 Å². The third-order valence-electron chi connectivity index (χ3n) is 3.50. The van der Waals surface area contributed by atoms with Gasteiger partial charge in [0, 0.05) is 18.8 Å². The molecule has 2 heterocycles. The summed E-state index contributed by atoms with van der Waals surface area (Å²) in [4.78, 5) is 0. The lowest BCUT2D eigenvalue weighted by Crippen LogP contribution is -2.41. The first-order chi connectivity index (χ1) is 5.70. The molecule has 0 aromatic rings. The van der Waals surface area contributed by atoms with E-state index in [0.29, 0.717) is 5.54 Å². The molecule has 0 radical (unpaired) electrons. The van der Waals surface area contributed by atoms with Crippen LogP contribution in [-0.2, 0) is 4.74 Å². The Balaban J connectivity index is 2.02. The molecule has 2 unspecified atom stereocenters. The minimum atomic E-state index is 0.346. The molecule has 0 spiro atoms. The molecule has 2 atom stereocenters. The maximum atomic E-state index is 5.44. The minimum absolute atomic E-state index is 0.346. The van der Waals surface area contributed by atoms with Crippen LogP contribution in [0.3, 0.4) is 0 Å². The maximum absolute atomic E-state index is 5.44. The maximum Gasteiger partial charge on any atom is 0.0498 e. The first-order valence-corrected chi connectivity index (χ1v) is 5.03. The normalized spacial score (nSPS) is 40.5. The van der Waals surface area contributed by atoms with Gasteiger partial charge in [-0.25, -0.2) is 0 Å². The molecule has 12 heavy (non-hydrogen) atoms. The highest BCUT2D eigenvalue weighted by Crippen LogP contribution is 2.36. The van der Waals surface area contributed by atoms with E-state index in [2.05, 4.69) is 19.2 Å². The van der Waals surface area contributed by atoms with Gasteiger partial charge in [-0.2, -0.15) is 0 Å². The molecular weight excluding hydrogens is 150 g/mol. The zero-order valence-corrected chi connectivity index (χ0v) is 8.10. The van der Waals surface area contributed by atoms with Crippen molar-refractivity contribution in [2.75, 3.05) is 19.8 Å². The van der Waals surface area contributed by atoms with E-state index in [1.807, 2.05) is 0 Å². The van der Waals surface area contributed by atoms with Crippen LogP contribution in [0.4, 0.5) is 0 Å². The topological polar surface area (TPSA) is 21.3 Å². The average Bonchev–Trinajstić information content (AvgIpc) is 2.55. The Kier molecular flexibility index (Phi) is 2.13. The van der Waals surface area contributed by atoms with Crippen molar-refractivity contribution in [3.63, 3.8) is 0 Å². The van der Waals surface area contributed by atoms with Crippen LogP contribution in [0.5, 0.6) is 0 Å². The number of nitrogens with one attached hydrogen (secondary N) is 1. The van der Waals surface area contributed by atoms with Crippen molar-refractivity contribution < 1.29 is 4.74 Å². The van der Waals surface area contributed by atoms with Crippen LogP contribution in [0, 0.1) is 11.8 Å². The van der Waals surface area contributed by atoms with E-state index < -0.39 is 0 Å². The standard InChI is InChI=1S/C10H19NO/c1-10(2)9(3-5-11-10)8-4-6-12-7-8/h8-9,11H,3-7H2,1-2H3. The Morgan fingerprint density at radius 1 is 1.33 bits per heavy atom. The fourth-order valence-corrected chi connectivity index (χ4v) is 2.74. The lowest BCUT2D eigenvalue weighted by molar-refractivity contribution is 0.156. The second-order valence-electron chi connectivity index (χ2n) is 4.67. The Hall–Kier alpha value is -0.0800. The second kappa shape index (κ2) is 3.00. The lowest BCUT2D eigenvalue weighted by atomic mass is 9.78. The van der Waals surface area contributed by atoms with Gasteiger partial charge in [0.15, 0.2) is 0 Å². The third-order valence-corrected chi connectivity index (χ3v) is 3.50. The molecule has 2 heteroatoms. The van der Waals surface area contributed by atoms with Gasteiger partial charge in [0.2, 0.25) is 0 Å². The van der Waals surface area contributed by atoms with Crippen LogP contribution in [-0.4, -0.2) is 25.3 Å². The van der Waals surface area contributed by atoms with E-state index in [4.69, 9.17) is 4.74 Å². The molecule has 0 aliphatic carbocycles. The van der Waals surface area contributed by atoms with Gasteiger partial charge in [-0.15, -0.1) is 0 Å². The van der Waals surface area contributed by atoms with E-state index in [0.717, 1.165) is 25.0 Å². The Bertz CT molecular complexity index is 161. The van der Waals surface area contributed by atoms with Gasteiger partial charge >= 0.3 is 0 Å². The highest BCUT2D eigenvalue weighted by molar-refractivity contribution is 4.96. The fourth-order valence-electron chi connectivity index (χ4n) is 2.74. The molecule has 2 saturated heterocycles. The zero-order chi connectivity index (χ0) is 8.60. The van der Waals surface area contributed by atoms with Crippen molar-refractivity contribution in [2.24, 2.45) is 11.8 Å². The highest BCUT2D eigenvalue weighted by atomic mass is 16.5. The van der Waals surface area contributed by atoms with Gasteiger partial charge in [0.1, 0.15) is 0 Å². The monoisotopic (exact) mass is 169 g/mol. The predicted octanol–water partition coefficient (Wildman–Crippen LogP) is 1.41. The number of hydrogen-bond acceptors (Lipinski definition) is 2. The molecule has 2 fully saturated rings. The fraction of sp³-hybridized carbons (Fsp3) is 1.00. The predicted molar refractivity (Wildman–Crippen MR) is 49.1 cm³/mol. The lowest BCUT2D eigenvalue weighted by Gasteiger charge is -2.31. The molecule has 0 amide bonds. The van der Waals surface area contributed by atoms with Gasteiger partial charge in [-0.1, -0.05) is 0 Å². The van der Waals surface area contributed by atoms with Gasteiger partial charge in [-0.3, -0.25) is 0 Å². The van der Waals surface area contributed by atoms with Gasteiger partial charge in [0.25, 0.3) is 0 Å². The summed E-state index contributed by atoms with van der Waals surface area (Å²) >= 11 is 0. The van der Waals surface area contributed by atoms with Crippen LogP contribution in [0.15, 0.2) is 0 Å². The molecule has 0 aromatic carbocycles. The number of rotatable bonds is 1. The van der Waals surface area contributed by atoms with Gasteiger partial charge in [0.05, 0.1) is 0 Å². The van der Waals surface area contributed by atoms with E-state index in [1.54, 1.807) is 0 Å². The Morgan fingerprint density at radius 2 is 2.17 bits per heavy atom. The molecule has 0 saturated carbocycles. The summed E-state index contributed by atoms with van der Waals surface area (Å²) in [5.41, 5.74) is 0.346. The molecule has 2 aliphatic heterocycles. The van der Waals surface area contributed by atoms with Crippen LogP contribution in [0.25, 0.3) is 0 Å². The van der Waals surface area contributed by atoms with Gasteiger partial charge < -0.3 is 10.1 Å². The van der Waals surface area contributed by atoms with Crippen molar-refractivity contribution in [3.05, 3.63) is 0 Å². The van der Waals surface area contributed by atoms with Gasteiger partial charge in [-0.05, 0) is 45.1 Å². The van der Waals surface area contributed by atoms with Crippen LogP contribution >= 0.6 is 0 Å². The summed E-state index contributed by atoms with van der Waals surface area (Å²) < 4.78 is 5.44. The second-order valence-corrected chi connectivity index (χ2v) is 4.67. The first-order valence-electron chi connectivity index (χ1n) is 5.03. The first kappa shape index (κ1) is 8.52. The molecule has 2 aliphatic rings. The molecule has 1 N–H and O–H groups in total. The van der Waals surface area contributed by atoms with Crippen molar-refractivity contribution in [2.45, 2.75) is 32.2 Å². The SMILES string of the molecule is CC1(C)NCCC1C1CCOC1. The zero-order valence-electron chi connectivity index (χ0n) is 8.10. The van der Waals surface area contributed by atoms with Crippen LogP contribution in [0.1, 0.15) is 26.7 Å². The summed E-state index contributed by atoms with van der Waals surface area (Å²) in [6, 6.07) is 0. The van der Waals surface area contributed by atoms with Crippen LogP contribution < -0.4 is 5.32 Å². The molecule has 2 rings (SSSR count). The van der Waals surface area contributed by atoms with Crippen molar-refractivity contribution in [1.29, 1.82) is 0 Å². The molecule has 0 aromatic heterocycles. The highest BCUT2D eigenvalue weighted by Gasteiger charge is 2.40. The summed E-state index contributed by atoms with van der Waals surface area (Å²) in [5, 5.41) is 3.57.